The average molecular weight is 347 g/mol. The molecule has 1 aliphatic heterocycles. The highest BCUT2D eigenvalue weighted by molar-refractivity contribution is 6.30. The summed E-state index contributed by atoms with van der Waals surface area (Å²) in [5, 5.41) is 9.35. The second-order valence-electron chi connectivity index (χ2n) is 5.58. The molecular formula is C17H19ClN4O2. The number of benzene rings is 1. The van der Waals surface area contributed by atoms with E-state index < -0.39 is 0 Å². The summed E-state index contributed by atoms with van der Waals surface area (Å²) in [4.78, 5) is 16.5. The van der Waals surface area contributed by atoms with Gasteiger partial charge in [0.15, 0.2) is 0 Å². The van der Waals surface area contributed by atoms with E-state index in [1.165, 1.54) is 0 Å². The van der Waals surface area contributed by atoms with Crippen molar-refractivity contribution in [3.8, 4) is 0 Å². The normalized spacial score (nSPS) is 17.3. The molecule has 0 saturated carbocycles. The van der Waals surface area contributed by atoms with Crippen LogP contribution in [0.5, 0.6) is 0 Å². The zero-order valence-electron chi connectivity index (χ0n) is 13.3. The summed E-state index contributed by atoms with van der Waals surface area (Å²) < 4.78 is 5.72. The number of nitrogens with one attached hydrogen (secondary N) is 3. The van der Waals surface area contributed by atoms with Crippen molar-refractivity contribution in [2.75, 3.05) is 30.3 Å². The van der Waals surface area contributed by atoms with Crippen LogP contribution in [0.2, 0.25) is 5.02 Å². The second kappa shape index (κ2) is 7.61. The molecule has 3 rings (SSSR count). The minimum absolute atomic E-state index is 0.0481. The Labute approximate surface area is 145 Å². The van der Waals surface area contributed by atoms with E-state index >= 15 is 0 Å². The number of rotatable bonds is 3. The molecule has 3 N–H and O–H groups in total. The lowest BCUT2D eigenvalue weighted by Gasteiger charge is -2.24. The van der Waals surface area contributed by atoms with Crippen molar-refractivity contribution in [1.29, 1.82) is 0 Å². The number of aromatic nitrogens is 1. The Hall–Kier alpha value is -2.15. The predicted molar refractivity (Wildman–Crippen MR) is 94.6 cm³/mol. The molecule has 0 bridgehead atoms. The first-order valence-electron chi connectivity index (χ1n) is 7.74. The number of morpholine rings is 1. The van der Waals surface area contributed by atoms with Crippen molar-refractivity contribution in [2.24, 2.45) is 0 Å². The number of hydrogen-bond donors (Lipinski definition) is 3. The first-order chi connectivity index (χ1) is 11.6. The van der Waals surface area contributed by atoms with Crippen LogP contribution in [0, 0.1) is 6.92 Å². The molecule has 1 fully saturated rings. The number of ether oxygens (including phenoxy) is 1. The van der Waals surface area contributed by atoms with Crippen LogP contribution in [0.4, 0.5) is 16.2 Å². The van der Waals surface area contributed by atoms with Crippen LogP contribution < -0.4 is 16.0 Å². The standard InChI is InChI=1S/C17H19ClN4O2/c1-11-7-14(9-20-16(11)15-10-19-5-6-24-15)22-17(23)21-13-4-2-3-12(18)8-13/h2-4,7-9,15,19H,5-6,10H2,1H3,(H2,21,22,23). The lowest BCUT2D eigenvalue weighted by molar-refractivity contribution is 0.0246. The molecule has 2 aromatic rings. The fourth-order valence-corrected chi connectivity index (χ4v) is 2.78. The molecule has 7 heteroatoms. The van der Waals surface area contributed by atoms with Gasteiger partial charge in [-0.3, -0.25) is 4.98 Å². The lowest BCUT2D eigenvalue weighted by atomic mass is 10.1. The highest BCUT2D eigenvalue weighted by atomic mass is 35.5. The van der Waals surface area contributed by atoms with Crippen molar-refractivity contribution >= 4 is 29.0 Å². The van der Waals surface area contributed by atoms with E-state index in [1.54, 1.807) is 30.5 Å². The van der Waals surface area contributed by atoms with Gasteiger partial charge in [0, 0.05) is 23.8 Å². The average Bonchev–Trinajstić information content (AvgIpc) is 2.55. The Balaban J connectivity index is 1.64. The summed E-state index contributed by atoms with van der Waals surface area (Å²) in [6.45, 7) is 4.24. The molecule has 0 radical (unpaired) electrons. The number of aryl methyl sites for hydroxylation is 1. The third kappa shape index (κ3) is 4.23. The molecule has 0 aliphatic carbocycles. The van der Waals surface area contributed by atoms with Crippen molar-refractivity contribution in [3.05, 3.63) is 52.8 Å². The number of anilines is 2. The summed E-state index contributed by atoms with van der Waals surface area (Å²) in [5.74, 6) is 0. The monoisotopic (exact) mass is 346 g/mol. The molecule has 1 saturated heterocycles. The fourth-order valence-electron chi connectivity index (χ4n) is 2.59. The Bertz CT molecular complexity index is 732. The largest absolute Gasteiger partial charge is 0.369 e. The third-order valence-electron chi connectivity index (χ3n) is 3.69. The Morgan fingerprint density at radius 1 is 1.33 bits per heavy atom. The first kappa shape index (κ1) is 16.7. The van der Waals surface area contributed by atoms with Crippen LogP contribution >= 0.6 is 11.6 Å². The van der Waals surface area contributed by atoms with Gasteiger partial charge in [0.05, 0.1) is 24.2 Å². The number of carbonyl (C=O) groups excluding carboxylic acids is 1. The quantitative estimate of drug-likeness (QED) is 0.796. The van der Waals surface area contributed by atoms with Gasteiger partial charge in [-0.25, -0.2) is 4.79 Å². The Morgan fingerprint density at radius 3 is 2.88 bits per heavy atom. The van der Waals surface area contributed by atoms with Crippen molar-refractivity contribution in [2.45, 2.75) is 13.0 Å². The number of urea groups is 1. The minimum atomic E-state index is -0.346. The summed E-state index contributed by atoms with van der Waals surface area (Å²) >= 11 is 5.90. The highest BCUT2D eigenvalue weighted by Crippen LogP contribution is 2.22. The molecule has 1 aromatic heterocycles. The fraction of sp³-hybridized carbons (Fsp3) is 0.294. The molecule has 0 spiro atoms. The molecule has 2 heterocycles. The first-order valence-corrected chi connectivity index (χ1v) is 8.12. The van der Waals surface area contributed by atoms with Gasteiger partial charge in [0.25, 0.3) is 0 Å². The van der Waals surface area contributed by atoms with Gasteiger partial charge in [-0.1, -0.05) is 17.7 Å². The van der Waals surface area contributed by atoms with Crippen molar-refractivity contribution in [1.82, 2.24) is 10.3 Å². The number of carbonyl (C=O) groups is 1. The van der Waals surface area contributed by atoms with E-state index in [0.717, 1.165) is 24.3 Å². The van der Waals surface area contributed by atoms with Crippen LogP contribution in [0.25, 0.3) is 0 Å². The second-order valence-corrected chi connectivity index (χ2v) is 6.02. The Morgan fingerprint density at radius 2 is 2.17 bits per heavy atom. The van der Waals surface area contributed by atoms with E-state index in [4.69, 9.17) is 16.3 Å². The van der Waals surface area contributed by atoms with Crippen molar-refractivity contribution in [3.63, 3.8) is 0 Å². The van der Waals surface area contributed by atoms with Gasteiger partial charge in [-0.05, 0) is 36.8 Å². The topological polar surface area (TPSA) is 75.3 Å². The van der Waals surface area contributed by atoms with E-state index in [0.29, 0.717) is 23.0 Å². The number of hydrogen-bond acceptors (Lipinski definition) is 4. The molecule has 1 aliphatic rings. The molecular weight excluding hydrogens is 328 g/mol. The number of pyridine rings is 1. The molecule has 1 aromatic carbocycles. The Kier molecular flexibility index (Phi) is 5.30. The molecule has 1 atom stereocenters. The van der Waals surface area contributed by atoms with E-state index in [-0.39, 0.29) is 12.1 Å². The lowest BCUT2D eigenvalue weighted by Crippen LogP contribution is -2.34. The number of amides is 2. The van der Waals surface area contributed by atoms with Crippen LogP contribution in [0.1, 0.15) is 17.4 Å². The predicted octanol–water partition coefficient (Wildman–Crippen LogP) is 3.35. The highest BCUT2D eigenvalue weighted by Gasteiger charge is 2.19. The maximum Gasteiger partial charge on any atom is 0.323 e. The number of nitrogens with zero attached hydrogens (tertiary/aromatic N) is 1. The van der Waals surface area contributed by atoms with E-state index in [9.17, 15) is 4.79 Å². The van der Waals surface area contributed by atoms with Gasteiger partial charge in [-0.2, -0.15) is 0 Å². The van der Waals surface area contributed by atoms with Gasteiger partial charge in [-0.15, -0.1) is 0 Å². The van der Waals surface area contributed by atoms with Crippen molar-refractivity contribution < 1.29 is 9.53 Å². The van der Waals surface area contributed by atoms with E-state index in [1.807, 2.05) is 13.0 Å². The zero-order chi connectivity index (χ0) is 16.9. The summed E-state index contributed by atoms with van der Waals surface area (Å²) in [7, 11) is 0. The van der Waals surface area contributed by atoms with Gasteiger partial charge in [0.2, 0.25) is 0 Å². The summed E-state index contributed by atoms with van der Waals surface area (Å²) in [6, 6.07) is 8.52. The smallest absolute Gasteiger partial charge is 0.323 e. The third-order valence-corrected chi connectivity index (χ3v) is 3.93. The van der Waals surface area contributed by atoms with Gasteiger partial charge >= 0.3 is 6.03 Å². The van der Waals surface area contributed by atoms with Crippen LogP contribution in [-0.2, 0) is 4.74 Å². The molecule has 1 unspecified atom stereocenters. The van der Waals surface area contributed by atoms with Gasteiger partial charge < -0.3 is 20.7 Å². The minimum Gasteiger partial charge on any atom is -0.369 e. The molecule has 24 heavy (non-hydrogen) atoms. The number of halogens is 1. The van der Waals surface area contributed by atoms with Gasteiger partial charge in [0.1, 0.15) is 6.10 Å². The molecule has 2 amide bonds. The van der Waals surface area contributed by atoms with Crippen LogP contribution in [0.15, 0.2) is 36.5 Å². The SMILES string of the molecule is Cc1cc(NC(=O)Nc2cccc(Cl)c2)cnc1C1CNCCO1. The summed E-state index contributed by atoms with van der Waals surface area (Å²) in [5.41, 5.74) is 3.12. The maximum absolute atomic E-state index is 12.1. The molecule has 126 valence electrons. The molecule has 6 nitrogen and oxygen atoms in total. The van der Waals surface area contributed by atoms with E-state index in [2.05, 4.69) is 20.9 Å². The zero-order valence-corrected chi connectivity index (χ0v) is 14.1. The summed E-state index contributed by atoms with van der Waals surface area (Å²) in [6.07, 6.45) is 1.59. The van der Waals surface area contributed by atoms with Crippen LogP contribution in [-0.4, -0.2) is 30.7 Å². The van der Waals surface area contributed by atoms with Crippen LogP contribution in [0.3, 0.4) is 0 Å². The maximum atomic E-state index is 12.1.